The summed E-state index contributed by atoms with van der Waals surface area (Å²) in [6.07, 6.45) is 9.41. The Balaban J connectivity index is 1.91. The van der Waals surface area contributed by atoms with Gasteiger partial charge in [0, 0.05) is 0 Å². The Kier molecular flexibility index (Phi) is 4.01. The Bertz CT molecular complexity index is 462. The first kappa shape index (κ1) is 16.5. The highest BCUT2D eigenvalue weighted by molar-refractivity contribution is 5.14. The van der Waals surface area contributed by atoms with Gasteiger partial charge in [0.25, 0.3) is 0 Å². The van der Waals surface area contributed by atoms with Crippen molar-refractivity contribution in [2.75, 3.05) is 6.61 Å². The van der Waals surface area contributed by atoms with E-state index in [4.69, 9.17) is 4.74 Å². The summed E-state index contributed by atoms with van der Waals surface area (Å²) in [5.74, 6) is 1.06. The molecule has 5 atom stereocenters. The predicted molar refractivity (Wildman–Crippen MR) is 90.7 cm³/mol. The Morgan fingerprint density at radius 1 is 1.18 bits per heavy atom. The third kappa shape index (κ3) is 2.57. The van der Waals surface area contributed by atoms with E-state index < -0.39 is 5.60 Å². The number of rotatable bonds is 2. The van der Waals surface area contributed by atoms with Gasteiger partial charge in [0.2, 0.25) is 0 Å². The molecular weight excluding hydrogens is 272 g/mol. The van der Waals surface area contributed by atoms with Crippen LogP contribution in [0.1, 0.15) is 73.1 Å². The minimum absolute atomic E-state index is 0.220. The Morgan fingerprint density at radius 3 is 2.55 bits per heavy atom. The van der Waals surface area contributed by atoms with Crippen LogP contribution in [-0.2, 0) is 4.74 Å². The van der Waals surface area contributed by atoms with Gasteiger partial charge in [0.1, 0.15) is 0 Å². The topological polar surface area (TPSA) is 29.5 Å². The zero-order valence-corrected chi connectivity index (χ0v) is 15.1. The normalized spacial score (nSPS) is 47.9. The summed E-state index contributed by atoms with van der Waals surface area (Å²) in [5.41, 5.74) is 1.46. The van der Waals surface area contributed by atoms with Gasteiger partial charge in [-0.1, -0.05) is 33.3 Å². The SMILES string of the molecule is CC1=CCO[C@@H]1C[C@@H]1[C@@]2(C)CCCC(C)(C)C2CC[C@@]1(C)O. The maximum absolute atomic E-state index is 11.2. The van der Waals surface area contributed by atoms with E-state index in [0.717, 1.165) is 25.4 Å². The van der Waals surface area contributed by atoms with E-state index in [9.17, 15) is 5.11 Å². The lowest BCUT2D eigenvalue weighted by Crippen LogP contribution is -2.58. The van der Waals surface area contributed by atoms with E-state index in [1.54, 1.807) is 0 Å². The molecule has 1 unspecified atom stereocenters. The first-order valence-corrected chi connectivity index (χ1v) is 9.17. The summed E-state index contributed by atoms with van der Waals surface area (Å²) in [7, 11) is 0. The van der Waals surface area contributed by atoms with Crippen molar-refractivity contribution in [3.63, 3.8) is 0 Å². The Labute approximate surface area is 136 Å². The number of ether oxygens (including phenoxy) is 1. The quantitative estimate of drug-likeness (QED) is 0.748. The molecule has 0 saturated heterocycles. The van der Waals surface area contributed by atoms with E-state index in [0.29, 0.717) is 11.3 Å². The minimum Gasteiger partial charge on any atom is -0.390 e. The summed E-state index contributed by atoms with van der Waals surface area (Å²) in [6, 6.07) is 0. The summed E-state index contributed by atoms with van der Waals surface area (Å²) in [6.45, 7) is 12.4. The van der Waals surface area contributed by atoms with Gasteiger partial charge in [0.05, 0.1) is 18.3 Å². The summed E-state index contributed by atoms with van der Waals surface area (Å²) < 4.78 is 5.93. The molecule has 0 aromatic carbocycles. The van der Waals surface area contributed by atoms with Gasteiger partial charge >= 0.3 is 0 Å². The molecule has 0 spiro atoms. The number of aliphatic hydroxyl groups is 1. The molecule has 0 amide bonds. The second-order valence-electron chi connectivity index (χ2n) is 9.35. The zero-order valence-electron chi connectivity index (χ0n) is 15.1. The molecule has 3 rings (SSSR count). The fraction of sp³-hybridized carbons (Fsp3) is 0.900. The monoisotopic (exact) mass is 306 g/mol. The molecule has 1 heterocycles. The largest absolute Gasteiger partial charge is 0.390 e. The standard InChI is InChI=1S/C20H34O2/c1-14-8-12-22-15(14)13-17-19(4)10-6-9-18(2,3)16(19)7-11-20(17,5)21/h8,15-17,21H,6-7,9-13H2,1-5H3/t15-,16?,17-,19+,20-/m1/s1. The molecule has 1 aliphatic heterocycles. The molecule has 2 nitrogen and oxygen atoms in total. The first-order valence-electron chi connectivity index (χ1n) is 9.17. The van der Waals surface area contributed by atoms with Crippen molar-refractivity contribution in [2.45, 2.75) is 84.8 Å². The second-order valence-corrected chi connectivity index (χ2v) is 9.35. The summed E-state index contributed by atoms with van der Waals surface area (Å²) in [5, 5.41) is 11.2. The van der Waals surface area contributed by atoms with Crippen LogP contribution in [0.3, 0.4) is 0 Å². The van der Waals surface area contributed by atoms with Gasteiger partial charge in [-0.2, -0.15) is 0 Å². The molecule has 2 saturated carbocycles. The smallest absolute Gasteiger partial charge is 0.0791 e. The van der Waals surface area contributed by atoms with Crippen LogP contribution in [0, 0.1) is 22.7 Å². The van der Waals surface area contributed by atoms with E-state index in [1.807, 2.05) is 0 Å². The highest BCUT2D eigenvalue weighted by atomic mass is 16.5. The van der Waals surface area contributed by atoms with Gasteiger partial charge in [-0.15, -0.1) is 0 Å². The van der Waals surface area contributed by atoms with Crippen LogP contribution in [0.2, 0.25) is 0 Å². The van der Waals surface area contributed by atoms with E-state index in [-0.39, 0.29) is 11.5 Å². The van der Waals surface area contributed by atoms with Gasteiger partial charge in [-0.05, 0) is 74.2 Å². The molecule has 0 aromatic heterocycles. The van der Waals surface area contributed by atoms with Crippen molar-refractivity contribution in [3.8, 4) is 0 Å². The van der Waals surface area contributed by atoms with Gasteiger partial charge in [-0.25, -0.2) is 0 Å². The van der Waals surface area contributed by atoms with Crippen LogP contribution in [0.25, 0.3) is 0 Å². The maximum atomic E-state index is 11.2. The molecule has 22 heavy (non-hydrogen) atoms. The highest BCUT2D eigenvalue weighted by Gasteiger charge is 2.58. The molecule has 0 bridgehead atoms. The lowest BCUT2D eigenvalue weighted by Gasteiger charge is -2.61. The van der Waals surface area contributed by atoms with Crippen molar-refractivity contribution in [2.24, 2.45) is 22.7 Å². The van der Waals surface area contributed by atoms with Gasteiger partial charge in [0.15, 0.2) is 0 Å². The number of fused-ring (bicyclic) bond motifs is 1. The fourth-order valence-electron chi connectivity index (χ4n) is 6.17. The van der Waals surface area contributed by atoms with Crippen LogP contribution in [0.15, 0.2) is 11.6 Å². The van der Waals surface area contributed by atoms with E-state index >= 15 is 0 Å². The summed E-state index contributed by atoms with van der Waals surface area (Å²) in [4.78, 5) is 0. The van der Waals surface area contributed by atoms with Crippen molar-refractivity contribution in [3.05, 3.63) is 11.6 Å². The maximum Gasteiger partial charge on any atom is 0.0791 e. The molecule has 3 aliphatic rings. The average molecular weight is 306 g/mol. The van der Waals surface area contributed by atoms with Crippen molar-refractivity contribution < 1.29 is 9.84 Å². The van der Waals surface area contributed by atoms with E-state index in [2.05, 4.69) is 40.7 Å². The molecule has 2 heteroatoms. The third-order valence-electron chi connectivity index (χ3n) is 7.42. The Hall–Kier alpha value is -0.340. The number of hydrogen-bond acceptors (Lipinski definition) is 2. The fourth-order valence-corrected chi connectivity index (χ4v) is 6.17. The third-order valence-corrected chi connectivity index (χ3v) is 7.42. The molecule has 126 valence electrons. The average Bonchev–Trinajstić information content (AvgIpc) is 2.78. The summed E-state index contributed by atoms with van der Waals surface area (Å²) >= 11 is 0. The molecule has 0 aromatic rings. The Morgan fingerprint density at radius 2 is 1.91 bits per heavy atom. The zero-order chi connectivity index (χ0) is 16.2. The molecule has 0 radical (unpaired) electrons. The predicted octanol–water partition coefficient (Wildman–Crippen LogP) is 4.72. The van der Waals surface area contributed by atoms with Gasteiger partial charge in [-0.3, -0.25) is 0 Å². The van der Waals surface area contributed by atoms with Crippen LogP contribution >= 0.6 is 0 Å². The van der Waals surface area contributed by atoms with Crippen molar-refractivity contribution in [1.29, 1.82) is 0 Å². The molecule has 2 aliphatic carbocycles. The lowest BCUT2D eigenvalue weighted by molar-refractivity contribution is -0.175. The van der Waals surface area contributed by atoms with Crippen molar-refractivity contribution >= 4 is 0 Å². The van der Waals surface area contributed by atoms with Crippen molar-refractivity contribution in [1.82, 2.24) is 0 Å². The molecular formula is C20H34O2. The second kappa shape index (κ2) is 5.34. The van der Waals surface area contributed by atoms with Crippen LogP contribution in [0.5, 0.6) is 0 Å². The number of hydrogen-bond donors (Lipinski definition) is 1. The van der Waals surface area contributed by atoms with E-state index in [1.165, 1.54) is 31.3 Å². The van der Waals surface area contributed by atoms with Crippen LogP contribution in [-0.4, -0.2) is 23.4 Å². The first-order chi connectivity index (χ1) is 10.2. The highest BCUT2D eigenvalue weighted by Crippen LogP contribution is 2.63. The molecule has 2 fully saturated rings. The van der Waals surface area contributed by atoms with Crippen LogP contribution < -0.4 is 0 Å². The molecule has 1 N–H and O–H groups in total. The van der Waals surface area contributed by atoms with Gasteiger partial charge < -0.3 is 9.84 Å². The minimum atomic E-state index is -0.551. The van der Waals surface area contributed by atoms with Crippen LogP contribution in [0.4, 0.5) is 0 Å². The lowest BCUT2D eigenvalue weighted by atomic mass is 9.45.